The average molecular weight is 546 g/mol. The van der Waals surface area contributed by atoms with Gasteiger partial charge in [0.25, 0.3) is 5.91 Å². The summed E-state index contributed by atoms with van der Waals surface area (Å²) in [7, 11) is 3.82. The number of anilines is 2. The summed E-state index contributed by atoms with van der Waals surface area (Å²) in [4.78, 5) is 32.4. The highest BCUT2D eigenvalue weighted by molar-refractivity contribution is 6.36. The van der Waals surface area contributed by atoms with Gasteiger partial charge in [0.2, 0.25) is 0 Å². The molecule has 39 heavy (non-hydrogen) atoms. The number of carbonyl (C=O) groups is 2. The first-order valence-corrected chi connectivity index (χ1v) is 14.3. The van der Waals surface area contributed by atoms with Gasteiger partial charge in [-0.1, -0.05) is 35.9 Å². The first kappa shape index (κ1) is 26.1. The van der Waals surface area contributed by atoms with E-state index in [0.29, 0.717) is 16.5 Å². The van der Waals surface area contributed by atoms with Crippen LogP contribution in [0.5, 0.6) is 0 Å². The van der Waals surface area contributed by atoms with Crippen LogP contribution in [0.25, 0.3) is 11.1 Å². The van der Waals surface area contributed by atoms with E-state index in [9.17, 15) is 9.59 Å². The fourth-order valence-electron chi connectivity index (χ4n) is 7.36. The number of aromatic nitrogens is 2. The van der Waals surface area contributed by atoms with Gasteiger partial charge >= 0.3 is 0 Å². The van der Waals surface area contributed by atoms with E-state index < -0.39 is 0 Å². The molecule has 1 aromatic heterocycles. The lowest BCUT2D eigenvalue weighted by Crippen LogP contribution is -2.39. The van der Waals surface area contributed by atoms with Gasteiger partial charge in [-0.05, 0) is 67.7 Å². The highest BCUT2D eigenvalue weighted by atomic mass is 35.5. The number of rotatable bonds is 7. The molecular weight excluding hydrogens is 510 g/mol. The standard InChI is InChI=1S/C31H36ClN5O2/c1-20-21(6-4-8-23(20)33-2)22-7-5-9-24(27(22)32)35-29(39)28-34-25-16-37(15-10-26(25)36(28)3)18-30-11-13-31(17-30,19-38)14-12-30/h4-9,19,33H,10-18H2,1-3H3,(H,35,39). The number of nitrogens with zero attached hydrogens (tertiary/aromatic N) is 3. The molecule has 0 saturated heterocycles. The summed E-state index contributed by atoms with van der Waals surface area (Å²) in [5, 5.41) is 6.74. The molecule has 2 fully saturated rings. The largest absolute Gasteiger partial charge is 0.388 e. The molecule has 3 aliphatic rings. The van der Waals surface area contributed by atoms with Crippen molar-refractivity contribution < 1.29 is 9.59 Å². The highest BCUT2D eigenvalue weighted by Gasteiger charge is 2.54. The molecule has 204 valence electrons. The van der Waals surface area contributed by atoms with E-state index >= 15 is 0 Å². The van der Waals surface area contributed by atoms with Crippen LogP contribution in [0.1, 0.15) is 59.7 Å². The summed E-state index contributed by atoms with van der Waals surface area (Å²) in [5.74, 6) is 0.135. The SMILES string of the molecule is CNc1cccc(-c2cccc(NC(=O)c3nc4c(n3C)CCN(CC35CCC(C=O)(CC3)C5)C4)c2Cl)c1C. The Bertz CT molecular complexity index is 1450. The number of hydrogen-bond donors (Lipinski definition) is 2. The van der Waals surface area contributed by atoms with Crippen LogP contribution in [0.2, 0.25) is 5.02 Å². The van der Waals surface area contributed by atoms with E-state index in [1.165, 1.54) is 6.29 Å². The van der Waals surface area contributed by atoms with E-state index in [4.69, 9.17) is 16.6 Å². The minimum Gasteiger partial charge on any atom is -0.388 e. The maximum Gasteiger partial charge on any atom is 0.291 e. The van der Waals surface area contributed by atoms with Gasteiger partial charge in [-0.15, -0.1) is 0 Å². The van der Waals surface area contributed by atoms with Crippen molar-refractivity contribution in [2.75, 3.05) is 30.8 Å². The van der Waals surface area contributed by atoms with E-state index in [1.54, 1.807) is 0 Å². The molecule has 0 spiro atoms. The Labute approximate surface area is 234 Å². The van der Waals surface area contributed by atoms with E-state index in [1.807, 2.05) is 55.1 Å². The highest BCUT2D eigenvalue weighted by Crippen LogP contribution is 2.60. The van der Waals surface area contributed by atoms with Gasteiger partial charge in [-0.3, -0.25) is 9.69 Å². The van der Waals surface area contributed by atoms with Gasteiger partial charge in [-0.25, -0.2) is 4.98 Å². The summed E-state index contributed by atoms with van der Waals surface area (Å²) < 4.78 is 1.93. The number of halogens is 1. The van der Waals surface area contributed by atoms with Crippen molar-refractivity contribution in [2.45, 2.75) is 52.0 Å². The van der Waals surface area contributed by atoms with Gasteiger partial charge in [0, 0.05) is 62.5 Å². The Morgan fingerprint density at radius 3 is 2.51 bits per heavy atom. The number of benzene rings is 2. The number of hydrogen-bond acceptors (Lipinski definition) is 5. The Hall–Kier alpha value is -3.16. The predicted molar refractivity (Wildman–Crippen MR) is 155 cm³/mol. The van der Waals surface area contributed by atoms with Crippen LogP contribution in [-0.4, -0.2) is 46.8 Å². The molecule has 2 aliphatic carbocycles. The van der Waals surface area contributed by atoms with Crippen molar-refractivity contribution in [3.05, 3.63) is 64.2 Å². The van der Waals surface area contributed by atoms with Crippen molar-refractivity contribution >= 4 is 35.2 Å². The normalized spacial score (nSPS) is 24.0. The number of imidazole rings is 1. The number of carbonyl (C=O) groups excluding carboxylic acids is 2. The molecule has 2 aromatic carbocycles. The zero-order valence-electron chi connectivity index (χ0n) is 22.9. The van der Waals surface area contributed by atoms with Crippen molar-refractivity contribution in [2.24, 2.45) is 17.9 Å². The molecule has 2 N–H and O–H groups in total. The predicted octanol–water partition coefficient (Wildman–Crippen LogP) is 5.85. The van der Waals surface area contributed by atoms with E-state index in [2.05, 4.69) is 22.5 Å². The number of fused-ring (bicyclic) bond motifs is 3. The Morgan fingerprint density at radius 2 is 1.82 bits per heavy atom. The fourth-order valence-corrected chi connectivity index (χ4v) is 7.63. The zero-order chi connectivity index (χ0) is 27.4. The maximum absolute atomic E-state index is 13.4. The second kappa shape index (κ2) is 9.79. The van der Waals surface area contributed by atoms with Crippen molar-refractivity contribution in [1.29, 1.82) is 0 Å². The van der Waals surface area contributed by atoms with Crippen LogP contribution in [0, 0.1) is 17.8 Å². The Balaban J connectivity index is 1.19. The molecule has 3 aromatic rings. The Morgan fingerprint density at radius 1 is 1.10 bits per heavy atom. The van der Waals surface area contributed by atoms with Crippen LogP contribution in [0.15, 0.2) is 36.4 Å². The third kappa shape index (κ3) is 4.45. The van der Waals surface area contributed by atoms with Crippen LogP contribution in [0.3, 0.4) is 0 Å². The summed E-state index contributed by atoms with van der Waals surface area (Å²) in [6, 6.07) is 11.8. The van der Waals surface area contributed by atoms with Crippen molar-refractivity contribution in [3.63, 3.8) is 0 Å². The average Bonchev–Trinajstić information content (AvgIpc) is 3.60. The number of nitrogens with one attached hydrogen (secondary N) is 2. The molecule has 0 unspecified atom stereocenters. The van der Waals surface area contributed by atoms with Gasteiger partial charge in [0.15, 0.2) is 5.82 Å². The molecule has 1 amide bonds. The van der Waals surface area contributed by atoms with E-state index in [-0.39, 0.29) is 16.7 Å². The summed E-state index contributed by atoms with van der Waals surface area (Å²) in [6.07, 6.45) is 7.47. The smallest absolute Gasteiger partial charge is 0.291 e. The second-order valence-corrected chi connectivity index (χ2v) is 12.2. The molecule has 2 heterocycles. The molecule has 7 nitrogen and oxygen atoms in total. The van der Waals surface area contributed by atoms with Gasteiger partial charge < -0.3 is 20.0 Å². The summed E-state index contributed by atoms with van der Waals surface area (Å²) >= 11 is 6.84. The molecule has 0 atom stereocenters. The number of aldehydes is 1. The Kier molecular flexibility index (Phi) is 6.55. The lowest BCUT2D eigenvalue weighted by Gasteiger charge is -2.35. The third-order valence-electron chi connectivity index (χ3n) is 9.52. The first-order valence-electron chi connectivity index (χ1n) is 13.9. The van der Waals surface area contributed by atoms with Crippen molar-refractivity contribution in [3.8, 4) is 11.1 Å². The lowest BCUT2D eigenvalue weighted by atomic mass is 9.82. The molecule has 6 rings (SSSR count). The molecule has 0 radical (unpaired) electrons. The minimum absolute atomic E-state index is 0.0653. The van der Waals surface area contributed by atoms with Crippen LogP contribution >= 0.6 is 11.6 Å². The third-order valence-corrected chi connectivity index (χ3v) is 9.93. The zero-order valence-corrected chi connectivity index (χ0v) is 23.7. The maximum atomic E-state index is 13.4. The quantitative estimate of drug-likeness (QED) is 0.364. The van der Waals surface area contributed by atoms with Gasteiger partial charge in [-0.2, -0.15) is 0 Å². The van der Waals surface area contributed by atoms with Gasteiger partial charge in [0.05, 0.1) is 16.4 Å². The minimum atomic E-state index is -0.265. The van der Waals surface area contributed by atoms with Crippen molar-refractivity contribution in [1.82, 2.24) is 14.5 Å². The molecular formula is C31H36ClN5O2. The molecule has 2 bridgehead atoms. The van der Waals surface area contributed by atoms with Gasteiger partial charge in [0.1, 0.15) is 6.29 Å². The first-order chi connectivity index (χ1) is 18.8. The second-order valence-electron chi connectivity index (χ2n) is 11.9. The molecule has 2 saturated carbocycles. The van der Waals surface area contributed by atoms with Crippen LogP contribution < -0.4 is 10.6 Å². The monoisotopic (exact) mass is 545 g/mol. The molecule has 1 aliphatic heterocycles. The topological polar surface area (TPSA) is 79.3 Å². The van der Waals surface area contributed by atoms with Crippen LogP contribution in [0.4, 0.5) is 11.4 Å². The lowest BCUT2D eigenvalue weighted by molar-refractivity contribution is -0.115. The number of amides is 1. The fraction of sp³-hybridized carbons (Fsp3) is 0.452. The summed E-state index contributed by atoms with van der Waals surface area (Å²) in [6.45, 7) is 4.75. The van der Waals surface area contributed by atoms with E-state index in [0.717, 1.165) is 91.9 Å². The summed E-state index contributed by atoms with van der Waals surface area (Å²) in [5.41, 5.74) is 6.88. The molecule has 8 heteroatoms. The van der Waals surface area contributed by atoms with Crippen LogP contribution in [-0.2, 0) is 24.8 Å².